The van der Waals surface area contributed by atoms with Crippen molar-refractivity contribution in [2.45, 2.75) is 58.4 Å². The highest BCUT2D eigenvalue weighted by Crippen LogP contribution is 2.27. The molecule has 2 aromatic rings. The first kappa shape index (κ1) is 24.3. The van der Waals surface area contributed by atoms with Crippen LogP contribution in [-0.4, -0.2) is 38.3 Å². The fourth-order valence-corrected chi connectivity index (χ4v) is 5.78. The largest absolute Gasteiger partial charge is 0.494 e. The number of aryl methyl sites for hydroxylation is 3. The number of rotatable bonds is 7. The number of hydrogen-bond acceptors (Lipinski definition) is 4. The lowest BCUT2D eigenvalue weighted by Gasteiger charge is -2.32. The molecule has 0 spiro atoms. The zero-order valence-corrected chi connectivity index (χ0v) is 20.5. The molecule has 0 aliphatic carbocycles. The second kappa shape index (κ2) is 10.0. The van der Waals surface area contributed by atoms with Crippen LogP contribution in [0.15, 0.2) is 41.3 Å². The van der Waals surface area contributed by atoms with Crippen LogP contribution in [0.2, 0.25) is 0 Å². The third-order valence-corrected chi connectivity index (χ3v) is 8.11. The van der Waals surface area contributed by atoms with Gasteiger partial charge >= 0.3 is 0 Å². The highest BCUT2D eigenvalue weighted by Gasteiger charge is 2.33. The highest BCUT2D eigenvalue weighted by atomic mass is 32.2. The lowest BCUT2D eigenvalue weighted by Crippen LogP contribution is -2.45. The van der Waals surface area contributed by atoms with Crippen molar-refractivity contribution >= 4 is 15.9 Å². The predicted octanol–water partition coefficient (Wildman–Crippen LogP) is 4.29. The number of nitrogens with one attached hydrogen (secondary N) is 1. The van der Waals surface area contributed by atoms with Crippen molar-refractivity contribution in [3.05, 3.63) is 58.7 Å². The summed E-state index contributed by atoms with van der Waals surface area (Å²) in [6, 6.07) is 10.6. The van der Waals surface area contributed by atoms with Crippen LogP contribution in [0.4, 0.5) is 0 Å². The second-order valence-corrected chi connectivity index (χ2v) is 10.6. The number of carbonyl (C=O) groups excluding carboxylic acids is 1. The Morgan fingerprint density at radius 2 is 1.78 bits per heavy atom. The van der Waals surface area contributed by atoms with E-state index in [0.29, 0.717) is 31.7 Å². The van der Waals surface area contributed by atoms with Gasteiger partial charge in [-0.2, -0.15) is 4.31 Å². The Labute approximate surface area is 192 Å². The van der Waals surface area contributed by atoms with Crippen LogP contribution in [0.3, 0.4) is 0 Å². The fourth-order valence-electron chi connectivity index (χ4n) is 4.26. The van der Waals surface area contributed by atoms with Crippen LogP contribution in [0.1, 0.15) is 55.0 Å². The van der Waals surface area contributed by atoms with E-state index in [1.165, 1.54) is 15.4 Å². The molecule has 1 N–H and O–H groups in total. The molecule has 6 nitrogen and oxygen atoms in total. The molecule has 3 rings (SSSR count). The van der Waals surface area contributed by atoms with Crippen LogP contribution in [0, 0.1) is 26.7 Å². The molecule has 2 aromatic carbocycles. The molecule has 1 aliphatic heterocycles. The molecule has 174 valence electrons. The average molecular weight is 459 g/mol. The monoisotopic (exact) mass is 458 g/mol. The summed E-state index contributed by atoms with van der Waals surface area (Å²) in [5.74, 6) is 0.176. The van der Waals surface area contributed by atoms with E-state index in [-0.39, 0.29) is 29.3 Å². The Kier molecular flexibility index (Phi) is 7.62. The number of hydrogen-bond donors (Lipinski definition) is 1. The Bertz CT molecular complexity index is 1060. The van der Waals surface area contributed by atoms with E-state index in [9.17, 15) is 13.2 Å². The minimum atomic E-state index is -3.66. The second-order valence-electron chi connectivity index (χ2n) is 8.63. The van der Waals surface area contributed by atoms with Crippen molar-refractivity contribution in [2.24, 2.45) is 5.92 Å². The Morgan fingerprint density at radius 3 is 2.44 bits per heavy atom. The van der Waals surface area contributed by atoms with Crippen molar-refractivity contribution in [2.75, 3.05) is 19.7 Å². The molecule has 1 aliphatic rings. The van der Waals surface area contributed by atoms with Gasteiger partial charge in [0.15, 0.2) is 0 Å². The van der Waals surface area contributed by atoms with Gasteiger partial charge in [0.1, 0.15) is 5.75 Å². The molecule has 32 heavy (non-hydrogen) atoms. The maximum Gasteiger partial charge on any atom is 0.243 e. The van der Waals surface area contributed by atoms with Gasteiger partial charge in [-0.3, -0.25) is 4.79 Å². The Morgan fingerprint density at radius 1 is 1.12 bits per heavy atom. The van der Waals surface area contributed by atoms with E-state index in [0.717, 1.165) is 11.1 Å². The molecule has 0 bridgehead atoms. The van der Waals surface area contributed by atoms with E-state index < -0.39 is 10.0 Å². The van der Waals surface area contributed by atoms with E-state index >= 15 is 0 Å². The number of sulfonamides is 1. The summed E-state index contributed by atoms with van der Waals surface area (Å²) in [6.45, 7) is 11.2. The third kappa shape index (κ3) is 5.33. The molecule has 0 aromatic heterocycles. The van der Waals surface area contributed by atoms with Gasteiger partial charge in [-0.25, -0.2) is 8.42 Å². The summed E-state index contributed by atoms with van der Waals surface area (Å²) in [5, 5.41) is 3.11. The quantitative estimate of drug-likeness (QED) is 0.672. The normalized spacial score (nSPS) is 18.2. The van der Waals surface area contributed by atoms with Crippen molar-refractivity contribution in [3.63, 3.8) is 0 Å². The molecule has 1 heterocycles. The number of piperidine rings is 1. The van der Waals surface area contributed by atoms with Crippen LogP contribution in [0.25, 0.3) is 0 Å². The van der Waals surface area contributed by atoms with Gasteiger partial charge in [0.05, 0.1) is 23.5 Å². The minimum absolute atomic E-state index is 0.0956. The summed E-state index contributed by atoms with van der Waals surface area (Å²) >= 11 is 0. The molecule has 1 saturated heterocycles. The van der Waals surface area contributed by atoms with E-state index in [2.05, 4.69) is 38.2 Å². The first-order valence-electron chi connectivity index (χ1n) is 11.2. The van der Waals surface area contributed by atoms with Gasteiger partial charge in [-0.05, 0) is 94.0 Å². The van der Waals surface area contributed by atoms with Crippen LogP contribution >= 0.6 is 0 Å². The molecule has 1 fully saturated rings. The molecular formula is C25H34N2O4S. The fraction of sp³-hybridized carbons (Fsp3) is 0.480. The third-order valence-electron chi connectivity index (χ3n) is 6.24. The first-order valence-corrected chi connectivity index (χ1v) is 12.7. The van der Waals surface area contributed by atoms with Gasteiger partial charge in [0, 0.05) is 13.1 Å². The standard InChI is InChI=1S/C25H34N2O4S/c1-6-31-22-9-11-23(12-10-22)32(29,30)27-13-7-8-21(16-27)25(28)26-20(5)24-15-18(3)17(2)14-19(24)4/h9-12,14-15,20-21H,6-8,13,16H2,1-5H3,(H,26,28)/t20-,21+/m1/s1. The molecule has 1 amide bonds. The maximum absolute atomic E-state index is 13.1. The van der Waals surface area contributed by atoms with E-state index in [1.54, 1.807) is 24.3 Å². The van der Waals surface area contributed by atoms with E-state index in [1.807, 2.05) is 13.8 Å². The topological polar surface area (TPSA) is 75.7 Å². The van der Waals surface area contributed by atoms with Gasteiger partial charge in [-0.15, -0.1) is 0 Å². The van der Waals surface area contributed by atoms with Crippen molar-refractivity contribution in [1.29, 1.82) is 0 Å². The van der Waals surface area contributed by atoms with Gasteiger partial charge in [0.2, 0.25) is 15.9 Å². The number of benzene rings is 2. The van der Waals surface area contributed by atoms with Crippen LogP contribution < -0.4 is 10.1 Å². The van der Waals surface area contributed by atoms with Crippen molar-refractivity contribution in [1.82, 2.24) is 9.62 Å². The number of carbonyl (C=O) groups is 1. The smallest absolute Gasteiger partial charge is 0.243 e. The molecule has 2 atom stereocenters. The number of amides is 1. The van der Waals surface area contributed by atoms with E-state index in [4.69, 9.17) is 4.74 Å². The maximum atomic E-state index is 13.1. The molecule has 0 radical (unpaired) electrons. The highest BCUT2D eigenvalue weighted by molar-refractivity contribution is 7.89. The minimum Gasteiger partial charge on any atom is -0.494 e. The predicted molar refractivity (Wildman–Crippen MR) is 126 cm³/mol. The van der Waals surface area contributed by atoms with Gasteiger partial charge in [0.25, 0.3) is 0 Å². The average Bonchev–Trinajstić information content (AvgIpc) is 2.77. The summed E-state index contributed by atoms with van der Waals surface area (Å²) in [6.07, 6.45) is 1.34. The molecule has 0 saturated carbocycles. The van der Waals surface area contributed by atoms with Crippen molar-refractivity contribution < 1.29 is 17.9 Å². The van der Waals surface area contributed by atoms with Crippen molar-refractivity contribution in [3.8, 4) is 5.75 Å². The Balaban J connectivity index is 1.69. The number of nitrogens with zero attached hydrogens (tertiary/aromatic N) is 1. The number of ether oxygens (including phenoxy) is 1. The Hall–Kier alpha value is -2.38. The first-order chi connectivity index (χ1) is 15.1. The van der Waals surface area contributed by atoms with Crippen LogP contribution in [0.5, 0.6) is 5.75 Å². The molecule has 0 unspecified atom stereocenters. The summed E-state index contributed by atoms with van der Waals surface area (Å²) < 4.78 is 33.1. The molecular weight excluding hydrogens is 424 g/mol. The van der Waals surface area contributed by atoms with Crippen LogP contribution in [-0.2, 0) is 14.8 Å². The lowest BCUT2D eigenvalue weighted by molar-refractivity contribution is -0.126. The molecule has 7 heteroatoms. The zero-order chi connectivity index (χ0) is 23.5. The SMILES string of the molecule is CCOc1ccc(S(=O)(=O)N2CCC[C@H](C(=O)N[C@H](C)c3cc(C)c(C)cc3C)C2)cc1. The summed E-state index contributed by atoms with van der Waals surface area (Å²) in [4.78, 5) is 13.2. The van der Waals surface area contributed by atoms with Gasteiger partial charge in [-0.1, -0.05) is 12.1 Å². The summed E-state index contributed by atoms with van der Waals surface area (Å²) in [7, 11) is -3.66. The lowest BCUT2D eigenvalue weighted by atomic mass is 9.95. The zero-order valence-electron chi connectivity index (χ0n) is 19.6. The summed E-state index contributed by atoms with van der Waals surface area (Å²) in [5.41, 5.74) is 4.66. The van der Waals surface area contributed by atoms with Gasteiger partial charge < -0.3 is 10.1 Å².